The fourth-order valence-electron chi connectivity index (χ4n) is 8.81. The van der Waals surface area contributed by atoms with Crippen molar-refractivity contribution < 1.29 is 65.0 Å². The van der Waals surface area contributed by atoms with Crippen molar-refractivity contribution in [3.05, 3.63) is 71.8 Å². The number of hydrogen-bond acceptors (Lipinski definition) is 10. The third-order valence-electron chi connectivity index (χ3n) is 13.2. The van der Waals surface area contributed by atoms with Crippen molar-refractivity contribution in [2.75, 3.05) is 66.5 Å². The first-order valence-corrected chi connectivity index (χ1v) is 24.6. The molecule has 2 aliphatic rings. The number of carbonyl (C=O) groups is 6. The van der Waals surface area contributed by atoms with Gasteiger partial charge in [0.2, 0.25) is 23.6 Å². The van der Waals surface area contributed by atoms with Crippen LogP contribution in [0.4, 0.5) is 26.3 Å². The number of nitrogens with one attached hydrogen (secondary N) is 3. The fraction of sp³-hybridized carbons (Fsp3) is 0.577. The Morgan fingerprint density at radius 2 is 1.16 bits per heavy atom. The Balaban J connectivity index is 1.49. The van der Waals surface area contributed by atoms with E-state index < -0.39 is 116 Å². The number of aliphatic hydroxyl groups is 1. The molecule has 8 atom stereocenters. The van der Waals surface area contributed by atoms with Crippen LogP contribution in [-0.4, -0.2) is 192 Å². The lowest BCUT2D eigenvalue weighted by Gasteiger charge is -2.38. The molecule has 406 valence electrons. The number of ether oxygens (including phenoxy) is 1. The smallest absolute Gasteiger partial charge is 0.391 e. The van der Waals surface area contributed by atoms with Crippen LogP contribution in [0.5, 0.6) is 0 Å². The summed E-state index contributed by atoms with van der Waals surface area (Å²) in [6.07, 6.45) is -11.2. The number of likely N-dealkylation sites (N-methyl/N-ethyl adjacent to an activating group) is 2. The fourth-order valence-corrected chi connectivity index (χ4v) is 8.81. The number of nitrogens with zero attached hydrogens (tertiary/aromatic N) is 5. The lowest BCUT2D eigenvalue weighted by atomic mass is 10.1. The molecule has 0 spiro atoms. The molecule has 6 amide bonds. The van der Waals surface area contributed by atoms with E-state index in [1.807, 2.05) is 0 Å². The van der Waals surface area contributed by atoms with Crippen LogP contribution in [0.2, 0.25) is 0 Å². The number of halogens is 6. The van der Waals surface area contributed by atoms with Gasteiger partial charge in [-0.3, -0.25) is 28.8 Å². The SMILES string of the molecule is CN[C@@H](C)C(=O)N[C@H](C(=O)N1CCC[C@H]1CN(CCc1ccccc1)C(=O)C(F)(F)F)[C@@H](C)OCC#CC#CCN(C(=O)[C@H](C)NC)[C@H](C(=O)N1CCC[C@H]1CN(CCc1ccccc1)C(=O)C(F)(F)F)[C@@H](C)O. The van der Waals surface area contributed by atoms with Gasteiger partial charge in [-0.05, 0) is 103 Å². The number of carbonyl (C=O) groups excluding carboxylic acids is 6. The zero-order valence-corrected chi connectivity index (χ0v) is 42.6. The Hall–Kier alpha value is -6.20. The number of hydrogen-bond donors (Lipinski definition) is 4. The van der Waals surface area contributed by atoms with Gasteiger partial charge in [0.15, 0.2) is 0 Å². The molecular weight excluding hydrogens is 979 g/mol. The third kappa shape index (κ3) is 17.5. The molecule has 2 saturated heterocycles. The molecule has 0 saturated carbocycles. The molecule has 2 fully saturated rings. The highest BCUT2D eigenvalue weighted by atomic mass is 19.4. The molecule has 0 aliphatic carbocycles. The van der Waals surface area contributed by atoms with E-state index in [0.717, 1.165) is 10.5 Å². The van der Waals surface area contributed by atoms with Crippen molar-refractivity contribution >= 4 is 35.4 Å². The quantitative estimate of drug-likeness (QED) is 0.0955. The Morgan fingerprint density at radius 3 is 1.61 bits per heavy atom. The average Bonchev–Trinajstić information content (AvgIpc) is 4.05. The standard InChI is InChI=1S/C52H68F6N8O8/c1-35(59-5)45(68)61-43(47(70)64-28-17-23-41(64)33-62(49(72)51(53,54)55)30-25-39-19-11-9-12-20-39)38(4)74-32-16-8-7-15-27-66(46(69)36(2)60-6)44(37(3)67)48(71)65-29-18-24-42(65)34-63(50(73)52(56,57)58)31-26-40-21-13-10-14-22-40/h9-14,19-22,35-38,41-44,59-60,67H,17-18,23-34H2,1-6H3,(H,61,68)/t35-,36-,37+,38+,41-,42-,43-,44-/m0/s1. The molecule has 2 aliphatic heterocycles. The summed E-state index contributed by atoms with van der Waals surface area (Å²) >= 11 is 0. The maximum atomic E-state index is 14.4. The van der Waals surface area contributed by atoms with Crippen molar-refractivity contribution in [2.45, 2.75) is 127 Å². The second-order valence-electron chi connectivity index (χ2n) is 18.4. The molecule has 2 aromatic rings. The van der Waals surface area contributed by atoms with Gasteiger partial charge in [0.1, 0.15) is 18.7 Å². The molecule has 2 heterocycles. The van der Waals surface area contributed by atoms with Crippen molar-refractivity contribution in [2.24, 2.45) is 0 Å². The molecule has 0 unspecified atom stereocenters. The lowest BCUT2D eigenvalue weighted by molar-refractivity contribution is -0.186. The first kappa shape index (κ1) is 60.4. The maximum Gasteiger partial charge on any atom is 0.471 e. The van der Waals surface area contributed by atoms with E-state index in [0.29, 0.717) is 34.6 Å². The molecule has 0 radical (unpaired) electrons. The second kappa shape index (κ2) is 28.5. The van der Waals surface area contributed by atoms with Crippen LogP contribution >= 0.6 is 0 Å². The summed E-state index contributed by atoms with van der Waals surface area (Å²) in [5.74, 6) is 3.90. The lowest BCUT2D eigenvalue weighted by Crippen LogP contribution is -2.60. The van der Waals surface area contributed by atoms with E-state index in [1.54, 1.807) is 67.6 Å². The van der Waals surface area contributed by atoms with Gasteiger partial charge >= 0.3 is 24.2 Å². The highest BCUT2D eigenvalue weighted by Crippen LogP contribution is 2.27. The monoisotopic (exact) mass is 1050 g/mol. The summed E-state index contributed by atoms with van der Waals surface area (Å²) in [5.41, 5.74) is 1.43. The van der Waals surface area contributed by atoms with Gasteiger partial charge in [0.05, 0.1) is 30.8 Å². The van der Waals surface area contributed by atoms with E-state index in [9.17, 15) is 60.2 Å². The summed E-state index contributed by atoms with van der Waals surface area (Å²) in [4.78, 5) is 85.9. The van der Waals surface area contributed by atoms with E-state index in [2.05, 4.69) is 39.6 Å². The topological polar surface area (TPSA) is 184 Å². The number of likely N-dealkylation sites (tertiary alicyclic amines) is 2. The van der Waals surface area contributed by atoms with Gasteiger partial charge < -0.3 is 50.3 Å². The predicted octanol–water partition coefficient (Wildman–Crippen LogP) is 2.93. The van der Waals surface area contributed by atoms with Gasteiger partial charge in [0, 0.05) is 51.4 Å². The van der Waals surface area contributed by atoms with Crippen LogP contribution in [0, 0.1) is 23.7 Å². The summed E-state index contributed by atoms with van der Waals surface area (Å²) in [5, 5.41) is 19.3. The van der Waals surface area contributed by atoms with Crippen LogP contribution < -0.4 is 16.0 Å². The Kier molecular flexibility index (Phi) is 23.2. The van der Waals surface area contributed by atoms with Crippen molar-refractivity contribution in [1.29, 1.82) is 0 Å². The highest BCUT2D eigenvalue weighted by Gasteiger charge is 2.47. The molecule has 4 N–H and O–H groups in total. The second-order valence-corrected chi connectivity index (χ2v) is 18.4. The molecule has 22 heteroatoms. The van der Waals surface area contributed by atoms with Crippen LogP contribution in [0.15, 0.2) is 60.7 Å². The predicted molar refractivity (Wildman–Crippen MR) is 262 cm³/mol. The Bertz CT molecular complexity index is 2320. The molecular formula is C52H68F6N8O8. The van der Waals surface area contributed by atoms with E-state index in [4.69, 9.17) is 4.74 Å². The number of rotatable bonds is 23. The molecule has 16 nitrogen and oxygen atoms in total. The summed E-state index contributed by atoms with van der Waals surface area (Å²) < 4.78 is 88.8. The van der Waals surface area contributed by atoms with Gasteiger partial charge in [-0.1, -0.05) is 72.5 Å². The zero-order chi connectivity index (χ0) is 54.8. The van der Waals surface area contributed by atoms with Crippen LogP contribution in [0.25, 0.3) is 0 Å². The average molecular weight is 1050 g/mol. The number of aliphatic hydroxyl groups excluding tert-OH is 1. The minimum atomic E-state index is -5.17. The maximum absolute atomic E-state index is 14.4. The Labute approximate surface area is 428 Å². The summed E-state index contributed by atoms with van der Waals surface area (Å²) in [7, 11) is 3.04. The molecule has 0 bridgehead atoms. The summed E-state index contributed by atoms with van der Waals surface area (Å²) in [6.45, 7) is 4.02. The molecule has 4 rings (SSSR count). The van der Waals surface area contributed by atoms with Crippen LogP contribution in [0.3, 0.4) is 0 Å². The van der Waals surface area contributed by atoms with Gasteiger partial charge in [0.25, 0.3) is 0 Å². The van der Waals surface area contributed by atoms with Gasteiger partial charge in [-0.25, -0.2) is 0 Å². The first-order valence-electron chi connectivity index (χ1n) is 24.6. The number of benzene rings is 2. The van der Waals surface area contributed by atoms with Crippen LogP contribution in [0.1, 0.15) is 64.5 Å². The molecule has 0 aromatic heterocycles. The number of alkyl halides is 6. The van der Waals surface area contributed by atoms with Crippen LogP contribution in [-0.2, 0) is 46.3 Å². The minimum Gasteiger partial charge on any atom is -0.391 e. The van der Waals surface area contributed by atoms with Crippen molar-refractivity contribution in [3.63, 3.8) is 0 Å². The first-order chi connectivity index (χ1) is 35.0. The summed E-state index contributed by atoms with van der Waals surface area (Å²) in [6, 6.07) is 11.2. The van der Waals surface area contributed by atoms with Gasteiger partial charge in [-0.15, -0.1) is 0 Å². The van der Waals surface area contributed by atoms with Crippen molar-refractivity contribution in [1.82, 2.24) is 40.4 Å². The Morgan fingerprint density at radius 1 is 0.703 bits per heavy atom. The number of amides is 6. The zero-order valence-electron chi connectivity index (χ0n) is 42.6. The minimum absolute atomic E-state index is 0.0959. The molecule has 74 heavy (non-hydrogen) atoms. The molecule has 2 aromatic carbocycles. The highest BCUT2D eigenvalue weighted by molar-refractivity contribution is 5.91. The van der Waals surface area contributed by atoms with E-state index in [1.165, 1.54) is 44.7 Å². The van der Waals surface area contributed by atoms with Crippen molar-refractivity contribution in [3.8, 4) is 23.7 Å². The van der Waals surface area contributed by atoms with Gasteiger partial charge in [-0.2, -0.15) is 26.3 Å². The van der Waals surface area contributed by atoms with E-state index in [-0.39, 0.29) is 52.0 Å². The third-order valence-corrected chi connectivity index (χ3v) is 13.2. The largest absolute Gasteiger partial charge is 0.471 e. The normalized spacial score (nSPS) is 18.1. The van der Waals surface area contributed by atoms with E-state index >= 15 is 0 Å².